The van der Waals surface area contributed by atoms with Crippen LogP contribution >= 0.6 is 0 Å². The average molecular weight is 285 g/mol. The minimum Gasteiger partial charge on any atom is -0.383 e. The number of methoxy groups -OCH3 is 1. The van der Waals surface area contributed by atoms with Crippen LogP contribution in [0.15, 0.2) is 42.7 Å². The fourth-order valence-corrected chi connectivity index (χ4v) is 1.87. The number of ether oxygens (including phenoxy) is 1. The Balaban J connectivity index is 1.77. The second kappa shape index (κ2) is 6.14. The van der Waals surface area contributed by atoms with Gasteiger partial charge in [0.2, 0.25) is 0 Å². The molecule has 0 aliphatic rings. The van der Waals surface area contributed by atoms with Gasteiger partial charge in [0.25, 0.3) is 5.95 Å². The number of hydrogen-bond acceptors (Lipinski definition) is 6. The van der Waals surface area contributed by atoms with E-state index in [0.717, 1.165) is 11.4 Å². The summed E-state index contributed by atoms with van der Waals surface area (Å²) in [7, 11) is 1.66. The Morgan fingerprint density at radius 2 is 2.10 bits per heavy atom. The third kappa shape index (κ3) is 3.06. The Morgan fingerprint density at radius 1 is 1.24 bits per heavy atom. The lowest BCUT2D eigenvalue weighted by atomic mass is 10.3. The van der Waals surface area contributed by atoms with Crippen LogP contribution in [0.4, 0.5) is 11.6 Å². The molecule has 1 aromatic carbocycles. The van der Waals surface area contributed by atoms with Gasteiger partial charge in [0, 0.05) is 13.3 Å². The summed E-state index contributed by atoms with van der Waals surface area (Å²) in [6, 6.07) is 9.68. The molecule has 0 fully saturated rings. The van der Waals surface area contributed by atoms with Crippen LogP contribution in [0.1, 0.15) is 0 Å². The first-order valence-corrected chi connectivity index (χ1v) is 6.49. The lowest BCUT2D eigenvalue weighted by Crippen LogP contribution is -2.04. The highest BCUT2D eigenvalue weighted by atomic mass is 16.5. The number of para-hydroxylation sites is 1. The van der Waals surface area contributed by atoms with E-state index in [1.165, 1.54) is 0 Å². The van der Waals surface area contributed by atoms with E-state index in [9.17, 15) is 0 Å². The summed E-state index contributed by atoms with van der Waals surface area (Å²) < 4.78 is 8.45. The van der Waals surface area contributed by atoms with Gasteiger partial charge in [-0.05, 0) is 22.6 Å². The van der Waals surface area contributed by atoms with E-state index < -0.39 is 0 Å². The molecule has 0 radical (unpaired) electrons. The summed E-state index contributed by atoms with van der Waals surface area (Å²) in [6.07, 6.45) is 3.60. The van der Waals surface area contributed by atoms with E-state index in [1.54, 1.807) is 22.7 Å². The maximum atomic E-state index is 5.02. The van der Waals surface area contributed by atoms with Crippen molar-refractivity contribution in [3.05, 3.63) is 42.7 Å². The molecular formula is C13H15N7O. The van der Waals surface area contributed by atoms with E-state index in [-0.39, 0.29) is 0 Å². The number of benzene rings is 1. The van der Waals surface area contributed by atoms with Gasteiger partial charge in [-0.1, -0.05) is 23.3 Å². The molecule has 0 saturated heterocycles. The van der Waals surface area contributed by atoms with Crippen molar-refractivity contribution in [1.82, 2.24) is 30.0 Å². The molecule has 2 aromatic heterocycles. The molecule has 108 valence electrons. The van der Waals surface area contributed by atoms with Crippen LogP contribution < -0.4 is 5.32 Å². The van der Waals surface area contributed by atoms with Crippen molar-refractivity contribution in [3.63, 3.8) is 0 Å². The summed E-state index contributed by atoms with van der Waals surface area (Å²) in [5.74, 6) is 0.535. The largest absolute Gasteiger partial charge is 0.383 e. The molecule has 0 amide bonds. The van der Waals surface area contributed by atoms with E-state index in [0.29, 0.717) is 19.1 Å². The van der Waals surface area contributed by atoms with Crippen molar-refractivity contribution in [2.45, 2.75) is 6.54 Å². The van der Waals surface area contributed by atoms with Crippen LogP contribution in [0.25, 0.3) is 5.69 Å². The van der Waals surface area contributed by atoms with Crippen LogP contribution in [0.5, 0.6) is 0 Å². The van der Waals surface area contributed by atoms with Crippen molar-refractivity contribution in [3.8, 4) is 5.69 Å². The van der Waals surface area contributed by atoms with E-state index >= 15 is 0 Å². The molecule has 0 atom stereocenters. The molecule has 0 spiro atoms. The number of rotatable bonds is 6. The lowest BCUT2D eigenvalue weighted by molar-refractivity contribution is 0.183. The maximum absolute atomic E-state index is 5.02. The van der Waals surface area contributed by atoms with E-state index in [2.05, 4.69) is 25.9 Å². The summed E-state index contributed by atoms with van der Waals surface area (Å²) in [5, 5.41) is 19.1. The molecule has 0 aliphatic carbocycles. The molecule has 21 heavy (non-hydrogen) atoms. The number of aromatic nitrogens is 6. The van der Waals surface area contributed by atoms with Crippen molar-refractivity contribution in [2.75, 3.05) is 19.0 Å². The number of hydrogen-bond donors (Lipinski definition) is 1. The predicted molar refractivity (Wildman–Crippen MR) is 76.5 cm³/mol. The number of nitrogens with zero attached hydrogens (tertiary/aromatic N) is 6. The van der Waals surface area contributed by atoms with Gasteiger partial charge in [-0.15, -0.1) is 0 Å². The molecule has 3 rings (SSSR count). The van der Waals surface area contributed by atoms with E-state index in [4.69, 9.17) is 4.74 Å². The van der Waals surface area contributed by atoms with Crippen LogP contribution in [-0.2, 0) is 11.3 Å². The number of tetrazole rings is 1. The summed E-state index contributed by atoms with van der Waals surface area (Å²) in [6.45, 7) is 1.31. The Labute approximate surface area is 121 Å². The molecule has 0 aliphatic heterocycles. The Kier molecular flexibility index (Phi) is 3.88. The van der Waals surface area contributed by atoms with Gasteiger partial charge in [0.15, 0.2) is 0 Å². The van der Waals surface area contributed by atoms with Crippen LogP contribution in [-0.4, -0.2) is 43.7 Å². The van der Waals surface area contributed by atoms with Gasteiger partial charge < -0.3 is 10.1 Å². The fourth-order valence-electron chi connectivity index (χ4n) is 1.87. The van der Waals surface area contributed by atoms with Gasteiger partial charge in [-0.25, -0.2) is 0 Å². The maximum Gasteiger partial charge on any atom is 0.252 e. The highest BCUT2D eigenvalue weighted by Crippen LogP contribution is 2.16. The zero-order valence-corrected chi connectivity index (χ0v) is 11.5. The molecule has 0 unspecified atom stereocenters. The Bertz CT molecular complexity index is 691. The molecule has 1 N–H and O–H groups in total. The van der Waals surface area contributed by atoms with Crippen molar-refractivity contribution < 1.29 is 4.74 Å². The Morgan fingerprint density at radius 3 is 2.90 bits per heavy atom. The first-order chi connectivity index (χ1) is 10.4. The predicted octanol–water partition coefficient (Wildman–Crippen LogP) is 1.25. The second-order valence-corrected chi connectivity index (χ2v) is 4.36. The molecule has 0 bridgehead atoms. The van der Waals surface area contributed by atoms with Crippen LogP contribution in [0.3, 0.4) is 0 Å². The third-order valence-electron chi connectivity index (χ3n) is 2.88. The average Bonchev–Trinajstić information content (AvgIpc) is 3.16. The second-order valence-electron chi connectivity index (χ2n) is 4.36. The van der Waals surface area contributed by atoms with Gasteiger partial charge in [0.05, 0.1) is 30.7 Å². The molecule has 2 heterocycles. The topological polar surface area (TPSA) is 82.7 Å². The number of anilines is 2. The highest BCUT2D eigenvalue weighted by Gasteiger charge is 2.09. The number of nitrogens with one attached hydrogen (secondary N) is 1. The molecule has 3 aromatic rings. The smallest absolute Gasteiger partial charge is 0.252 e. The molecule has 8 heteroatoms. The minimum absolute atomic E-state index is 0.535. The van der Waals surface area contributed by atoms with Crippen molar-refractivity contribution in [2.24, 2.45) is 0 Å². The summed E-state index contributed by atoms with van der Waals surface area (Å²) in [4.78, 5) is 0. The summed E-state index contributed by atoms with van der Waals surface area (Å²) in [5.41, 5.74) is 1.70. The zero-order valence-electron chi connectivity index (χ0n) is 11.5. The van der Waals surface area contributed by atoms with Gasteiger partial charge >= 0.3 is 0 Å². The van der Waals surface area contributed by atoms with Crippen LogP contribution in [0.2, 0.25) is 0 Å². The third-order valence-corrected chi connectivity index (χ3v) is 2.88. The quantitative estimate of drug-likeness (QED) is 0.734. The zero-order chi connectivity index (χ0) is 14.5. The molecular weight excluding hydrogens is 270 g/mol. The van der Waals surface area contributed by atoms with Gasteiger partial charge in [-0.2, -0.15) is 9.78 Å². The van der Waals surface area contributed by atoms with Crippen molar-refractivity contribution >= 4 is 11.6 Å². The normalized spacial score (nSPS) is 10.7. The van der Waals surface area contributed by atoms with Crippen molar-refractivity contribution in [1.29, 1.82) is 0 Å². The standard InChI is InChI=1S/C13H15N7O/c1-21-8-7-19-10-11(9-14-19)15-13-16-17-18-20(13)12-5-3-2-4-6-12/h2-6,9-10H,7-8H2,1H3,(H,15,16,18). The summed E-state index contributed by atoms with van der Waals surface area (Å²) >= 11 is 0. The van der Waals surface area contributed by atoms with Gasteiger partial charge in [-0.3, -0.25) is 4.68 Å². The fraction of sp³-hybridized carbons (Fsp3) is 0.231. The monoisotopic (exact) mass is 285 g/mol. The van der Waals surface area contributed by atoms with E-state index in [1.807, 2.05) is 36.5 Å². The molecule has 8 nitrogen and oxygen atoms in total. The first kappa shape index (κ1) is 13.3. The SMILES string of the molecule is COCCn1cc(Nc2nnnn2-c2ccccc2)cn1. The molecule has 0 saturated carbocycles. The Hall–Kier alpha value is -2.74. The lowest BCUT2D eigenvalue weighted by Gasteiger charge is -2.04. The minimum atomic E-state index is 0.535. The van der Waals surface area contributed by atoms with Crippen LogP contribution in [0, 0.1) is 0 Å². The highest BCUT2D eigenvalue weighted by molar-refractivity contribution is 5.52. The van der Waals surface area contributed by atoms with Gasteiger partial charge in [0.1, 0.15) is 0 Å². The first-order valence-electron chi connectivity index (χ1n) is 6.49.